The van der Waals surface area contributed by atoms with Crippen LogP contribution in [0.25, 0.3) is 0 Å². The molecule has 2 aliphatic heterocycles. The van der Waals surface area contributed by atoms with E-state index in [2.05, 4.69) is 37.9 Å². The molecule has 2 N–H and O–H groups in total. The first-order valence-electron chi connectivity index (χ1n) is 10.1. The number of carbonyl (C=O) groups excluding carboxylic acids is 1. The van der Waals surface area contributed by atoms with Crippen molar-refractivity contribution in [3.8, 4) is 0 Å². The number of nitrogens with zero attached hydrogens (tertiary/aromatic N) is 3. The maximum absolute atomic E-state index is 12.4. The van der Waals surface area contributed by atoms with Gasteiger partial charge in [-0.2, -0.15) is 0 Å². The highest BCUT2D eigenvalue weighted by atomic mass is 32.2. The molecule has 3 heterocycles. The third kappa shape index (κ3) is 5.61. The van der Waals surface area contributed by atoms with Crippen LogP contribution >= 0.6 is 23.1 Å². The van der Waals surface area contributed by atoms with Crippen LogP contribution in [0.4, 0.5) is 16.5 Å². The van der Waals surface area contributed by atoms with E-state index in [1.165, 1.54) is 41.6 Å². The molecular weight excluding hydrogens is 406 g/mol. The Kier molecular flexibility index (Phi) is 6.89. The van der Waals surface area contributed by atoms with E-state index in [0.29, 0.717) is 5.75 Å². The maximum atomic E-state index is 12.4. The van der Waals surface area contributed by atoms with Crippen LogP contribution in [0.2, 0.25) is 0 Å². The lowest BCUT2D eigenvalue weighted by molar-refractivity contribution is -0.113. The van der Waals surface area contributed by atoms with Gasteiger partial charge >= 0.3 is 0 Å². The summed E-state index contributed by atoms with van der Waals surface area (Å²) in [5.41, 5.74) is 3.20. The lowest BCUT2D eigenvalue weighted by Crippen LogP contribution is -2.18. The molecule has 4 rings (SSSR count). The average Bonchev–Trinajstić information content (AvgIpc) is 3.48. The minimum absolute atomic E-state index is 0.0314. The van der Waals surface area contributed by atoms with Crippen molar-refractivity contribution < 1.29 is 9.53 Å². The summed E-state index contributed by atoms with van der Waals surface area (Å²) in [5, 5.41) is 15.4. The topological polar surface area (TPSA) is 79.4 Å². The summed E-state index contributed by atoms with van der Waals surface area (Å²) in [7, 11) is 0. The Labute approximate surface area is 179 Å². The Morgan fingerprint density at radius 3 is 2.93 bits per heavy atom. The van der Waals surface area contributed by atoms with E-state index in [0.717, 1.165) is 59.8 Å². The average molecular weight is 434 g/mol. The van der Waals surface area contributed by atoms with Gasteiger partial charge in [0.2, 0.25) is 11.0 Å². The second kappa shape index (κ2) is 9.77. The van der Waals surface area contributed by atoms with Gasteiger partial charge in [0.05, 0.1) is 11.9 Å². The highest BCUT2D eigenvalue weighted by molar-refractivity contribution is 8.01. The number of nitrogens with one attached hydrogen (secondary N) is 2. The fourth-order valence-corrected chi connectivity index (χ4v) is 5.18. The largest absolute Gasteiger partial charge is 0.376 e. The molecule has 156 valence electrons. The fourth-order valence-electron chi connectivity index (χ4n) is 3.62. The lowest BCUT2D eigenvalue weighted by atomic mass is 10.1. The molecular formula is C20H27N5O2S2. The Morgan fingerprint density at radius 2 is 2.17 bits per heavy atom. The van der Waals surface area contributed by atoms with Crippen LogP contribution in [0.15, 0.2) is 22.5 Å². The van der Waals surface area contributed by atoms with E-state index in [-0.39, 0.29) is 12.0 Å². The number of ether oxygens (including phenoxy) is 1. The summed E-state index contributed by atoms with van der Waals surface area (Å²) in [6.07, 6.45) is 4.99. The molecule has 2 aromatic rings. The van der Waals surface area contributed by atoms with Crippen LogP contribution in [0.3, 0.4) is 0 Å². The van der Waals surface area contributed by atoms with Crippen molar-refractivity contribution in [2.24, 2.45) is 0 Å². The zero-order valence-electron chi connectivity index (χ0n) is 16.6. The van der Waals surface area contributed by atoms with Gasteiger partial charge in [-0.1, -0.05) is 23.1 Å². The molecule has 0 saturated carbocycles. The summed E-state index contributed by atoms with van der Waals surface area (Å²) in [4.78, 5) is 14.8. The quantitative estimate of drug-likeness (QED) is 0.614. The van der Waals surface area contributed by atoms with Gasteiger partial charge in [-0.25, -0.2) is 0 Å². The number of aromatic nitrogens is 2. The molecule has 1 amide bonds. The van der Waals surface area contributed by atoms with Crippen molar-refractivity contribution in [3.05, 3.63) is 23.8 Å². The number of benzene rings is 1. The Bertz CT molecular complexity index is 832. The van der Waals surface area contributed by atoms with Gasteiger partial charge in [0.1, 0.15) is 0 Å². The predicted octanol–water partition coefficient (Wildman–Crippen LogP) is 3.77. The summed E-state index contributed by atoms with van der Waals surface area (Å²) < 4.78 is 6.38. The van der Waals surface area contributed by atoms with Crippen molar-refractivity contribution in [1.29, 1.82) is 0 Å². The summed E-state index contributed by atoms with van der Waals surface area (Å²) in [5.74, 6) is 0.282. The number of anilines is 3. The fraction of sp³-hybridized carbons (Fsp3) is 0.550. The smallest absolute Gasteiger partial charge is 0.234 e. The highest BCUT2D eigenvalue weighted by Crippen LogP contribution is 2.28. The van der Waals surface area contributed by atoms with Crippen molar-refractivity contribution >= 4 is 45.5 Å². The van der Waals surface area contributed by atoms with Crippen LogP contribution in [0, 0.1) is 6.92 Å². The lowest BCUT2D eigenvalue weighted by Gasteiger charge is -2.19. The molecule has 0 spiro atoms. The molecule has 0 radical (unpaired) electrons. The molecule has 29 heavy (non-hydrogen) atoms. The standard InChI is InChI=1S/C20H27N5O2S2/c1-14-11-15(25-8-2-3-9-25)6-7-17(14)22-18(26)13-28-20-24-23-19(29-20)21-12-16-5-4-10-27-16/h6-7,11,16H,2-5,8-10,12-13H2,1H3,(H,21,23)(H,22,26). The number of thioether (sulfide) groups is 1. The minimum atomic E-state index is -0.0314. The molecule has 1 aromatic carbocycles. The van der Waals surface area contributed by atoms with Gasteiger partial charge in [0, 0.05) is 37.6 Å². The number of hydrogen-bond acceptors (Lipinski definition) is 8. The van der Waals surface area contributed by atoms with Crippen LogP contribution in [-0.4, -0.2) is 54.2 Å². The second-order valence-electron chi connectivity index (χ2n) is 7.42. The van der Waals surface area contributed by atoms with Crippen molar-refractivity contribution in [2.45, 2.75) is 43.1 Å². The first kappa shape index (κ1) is 20.4. The summed E-state index contributed by atoms with van der Waals surface area (Å²) in [6.45, 7) is 5.88. The third-order valence-corrected chi connectivity index (χ3v) is 7.21. The number of carbonyl (C=O) groups is 1. The maximum Gasteiger partial charge on any atom is 0.234 e. The first-order valence-corrected chi connectivity index (χ1v) is 11.9. The van der Waals surface area contributed by atoms with Gasteiger partial charge in [0.15, 0.2) is 4.34 Å². The van der Waals surface area contributed by atoms with E-state index >= 15 is 0 Å². The van der Waals surface area contributed by atoms with Gasteiger partial charge in [-0.05, 0) is 56.4 Å². The van der Waals surface area contributed by atoms with Crippen molar-refractivity contribution in [1.82, 2.24) is 10.2 Å². The molecule has 1 atom stereocenters. The normalized spacial score (nSPS) is 18.9. The monoisotopic (exact) mass is 433 g/mol. The molecule has 0 aliphatic carbocycles. The Morgan fingerprint density at radius 1 is 1.31 bits per heavy atom. The van der Waals surface area contributed by atoms with E-state index in [1.54, 1.807) is 0 Å². The molecule has 2 aliphatic rings. The van der Waals surface area contributed by atoms with Crippen LogP contribution in [-0.2, 0) is 9.53 Å². The summed E-state index contributed by atoms with van der Waals surface area (Å²) in [6, 6.07) is 6.26. The van der Waals surface area contributed by atoms with Gasteiger partial charge in [0.25, 0.3) is 0 Å². The number of hydrogen-bond donors (Lipinski definition) is 2. The molecule has 1 aromatic heterocycles. The van der Waals surface area contributed by atoms with Crippen LogP contribution < -0.4 is 15.5 Å². The van der Waals surface area contributed by atoms with E-state index < -0.39 is 0 Å². The zero-order chi connectivity index (χ0) is 20.1. The number of aryl methyl sites for hydroxylation is 1. The minimum Gasteiger partial charge on any atom is -0.376 e. The van der Waals surface area contributed by atoms with Gasteiger partial charge in [-0.15, -0.1) is 10.2 Å². The molecule has 2 saturated heterocycles. The van der Waals surface area contributed by atoms with E-state index in [9.17, 15) is 4.79 Å². The Balaban J connectivity index is 1.23. The van der Waals surface area contributed by atoms with E-state index in [1.807, 2.05) is 13.0 Å². The predicted molar refractivity (Wildman–Crippen MR) is 119 cm³/mol. The SMILES string of the molecule is Cc1cc(N2CCCC2)ccc1NC(=O)CSc1nnc(NCC2CCCO2)s1. The summed E-state index contributed by atoms with van der Waals surface area (Å²) >= 11 is 2.88. The molecule has 9 heteroatoms. The van der Waals surface area contributed by atoms with Crippen molar-refractivity contribution in [2.75, 3.05) is 47.5 Å². The van der Waals surface area contributed by atoms with Gasteiger partial charge in [-0.3, -0.25) is 4.79 Å². The third-order valence-electron chi connectivity index (χ3n) is 5.19. The Hall–Kier alpha value is -1.84. The zero-order valence-corrected chi connectivity index (χ0v) is 18.3. The first-order chi connectivity index (χ1) is 14.2. The molecule has 7 nitrogen and oxygen atoms in total. The molecule has 1 unspecified atom stereocenters. The van der Waals surface area contributed by atoms with Crippen molar-refractivity contribution in [3.63, 3.8) is 0 Å². The van der Waals surface area contributed by atoms with Crippen LogP contribution in [0.5, 0.6) is 0 Å². The number of rotatable bonds is 8. The van der Waals surface area contributed by atoms with Crippen LogP contribution in [0.1, 0.15) is 31.2 Å². The molecule has 2 fully saturated rings. The van der Waals surface area contributed by atoms with E-state index in [4.69, 9.17) is 4.74 Å². The number of amides is 1. The molecule has 0 bridgehead atoms. The highest BCUT2D eigenvalue weighted by Gasteiger charge is 2.17. The van der Waals surface area contributed by atoms with Gasteiger partial charge < -0.3 is 20.3 Å². The second-order valence-corrected chi connectivity index (χ2v) is 9.62.